The maximum absolute atomic E-state index is 4.11. The molecule has 0 amide bonds. The largest absolute Gasteiger partial charge is 0.341 e. The van der Waals surface area contributed by atoms with Crippen molar-refractivity contribution in [2.45, 2.75) is 13.8 Å². The van der Waals surface area contributed by atoms with Crippen LogP contribution in [-0.2, 0) is 0 Å². The molecule has 0 saturated carbocycles. The Morgan fingerprint density at radius 3 is 2.41 bits per heavy atom. The standard InChI is InChI=1S/C15H16BrN/c1-4-17-12(3)14(16)9-10-15(17)13-7-5-11(2)6-8-13/h5-10H,3-4H2,1-2H3. The van der Waals surface area contributed by atoms with Crippen molar-refractivity contribution in [1.29, 1.82) is 0 Å². The van der Waals surface area contributed by atoms with Crippen LogP contribution in [0, 0.1) is 6.92 Å². The van der Waals surface area contributed by atoms with Crippen LogP contribution in [0.1, 0.15) is 18.1 Å². The Balaban J connectivity index is 2.43. The van der Waals surface area contributed by atoms with E-state index in [9.17, 15) is 0 Å². The number of benzene rings is 1. The molecule has 2 rings (SSSR count). The van der Waals surface area contributed by atoms with Gasteiger partial charge in [-0.2, -0.15) is 0 Å². The van der Waals surface area contributed by atoms with Crippen LogP contribution in [0.5, 0.6) is 0 Å². The molecule has 2 heteroatoms. The van der Waals surface area contributed by atoms with Crippen LogP contribution in [-0.4, -0.2) is 11.4 Å². The van der Waals surface area contributed by atoms with Crippen LogP contribution in [0.3, 0.4) is 0 Å². The lowest BCUT2D eigenvalue weighted by Crippen LogP contribution is -2.22. The highest BCUT2D eigenvalue weighted by atomic mass is 79.9. The SMILES string of the molecule is C=C1C(Br)=CC=C(c2ccc(C)cc2)N1CC. The average molecular weight is 290 g/mol. The van der Waals surface area contributed by atoms with Crippen LogP contribution in [0.15, 0.2) is 53.2 Å². The van der Waals surface area contributed by atoms with Crippen LogP contribution in [0.2, 0.25) is 0 Å². The maximum atomic E-state index is 4.11. The summed E-state index contributed by atoms with van der Waals surface area (Å²) in [5.41, 5.74) is 4.74. The minimum absolute atomic E-state index is 0.918. The molecule has 0 bridgehead atoms. The van der Waals surface area contributed by atoms with Crippen LogP contribution in [0.25, 0.3) is 5.70 Å². The molecule has 0 atom stereocenters. The molecular formula is C15H16BrN. The van der Waals surface area contributed by atoms with Crippen molar-refractivity contribution >= 4 is 21.6 Å². The quantitative estimate of drug-likeness (QED) is 0.777. The number of hydrogen-bond donors (Lipinski definition) is 0. The summed E-state index contributed by atoms with van der Waals surface area (Å²) >= 11 is 3.52. The van der Waals surface area contributed by atoms with Gasteiger partial charge in [-0.05, 0) is 47.5 Å². The van der Waals surface area contributed by atoms with E-state index in [2.05, 4.69) is 77.7 Å². The topological polar surface area (TPSA) is 3.24 Å². The fourth-order valence-corrected chi connectivity index (χ4v) is 2.30. The van der Waals surface area contributed by atoms with Gasteiger partial charge in [0.2, 0.25) is 0 Å². The number of hydrogen-bond acceptors (Lipinski definition) is 1. The van der Waals surface area contributed by atoms with Crippen LogP contribution < -0.4 is 0 Å². The fraction of sp³-hybridized carbons (Fsp3) is 0.200. The number of likely N-dealkylation sites (N-methyl/N-ethyl adjacent to an activating group) is 1. The molecule has 0 aliphatic carbocycles. The van der Waals surface area contributed by atoms with Crippen molar-refractivity contribution in [3.8, 4) is 0 Å². The third-order valence-electron chi connectivity index (χ3n) is 2.94. The molecule has 0 aromatic heterocycles. The first-order chi connectivity index (χ1) is 8.13. The van der Waals surface area contributed by atoms with E-state index in [4.69, 9.17) is 0 Å². The van der Waals surface area contributed by atoms with Gasteiger partial charge in [0.05, 0.1) is 0 Å². The first-order valence-corrected chi connectivity index (χ1v) is 6.54. The molecule has 0 N–H and O–H groups in total. The van der Waals surface area contributed by atoms with Gasteiger partial charge >= 0.3 is 0 Å². The molecule has 1 aromatic carbocycles. The van der Waals surface area contributed by atoms with Gasteiger partial charge < -0.3 is 4.90 Å². The number of halogens is 1. The summed E-state index contributed by atoms with van der Waals surface area (Å²) in [7, 11) is 0. The average Bonchev–Trinajstić information content (AvgIpc) is 2.34. The molecule has 88 valence electrons. The highest BCUT2D eigenvalue weighted by molar-refractivity contribution is 9.12. The van der Waals surface area contributed by atoms with Crippen molar-refractivity contribution in [2.75, 3.05) is 6.54 Å². The molecular weight excluding hydrogens is 274 g/mol. The molecule has 1 aliphatic rings. The minimum atomic E-state index is 0.918. The zero-order valence-corrected chi connectivity index (χ0v) is 11.8. The van der Waals surface area contributed by atoms with Crippen molar-refractivity contribution in [3.05, 3.63) is 64.3 Å². The molecule has 0 spiro atoms. The monoisotopic (exact) mass is 289 g/mol. The third kappa shape index (κ3) is 2.37. The van der Waals surface area contributed by atoms with Crippen molar-refractivity contribution in [1.82, 2.24) is 4.90 Å². The summed E-state index contributed by atoms with van der Waals surface area (Å²) in [4.78, 5) is 2.22. The Bertz CT molecular complexity index is 494. The summed E-state index contributed by atoms with van der Waals surface area (Å²) < 4.78 is 1.05. The van der Waals surface area contributed by atoms with Gasteiger partial charge in [-0.25, -0.2) is 0 Å². The highest BCUT2D eigenvalue weighted by Crippen LogP contribution is 2.32. The Kier molecular flexibility index (Phi) is 3.53. The number of rotatable bonds is 2. The molecule has 0 unspecified atom stereocenters. The summed E-state index contributed by atoms with van der Waals surface area (Å²) in [6, 6.07) is 8.59. The van der Waals surface area contributed by atoms with Crippen molar-refractivity contribution in [2.24, 2.45) is 0 Å². The Morgan fingerprint density at radius 2 is 1.82 bits per heavy atom. The van der Waals surface area contributed by atoms with E-state index in [1.807, 2.05) is 0 Å². The second-order valence-corrected chi connectivity index (χ2v) is 4.98. The van der Waals surface area contributed by atoms with E-state index < -0.39 is 0 Å². The highest BCUT2D eigenvalue weighted by Gasteiger charge is 2.17. The molecule has 1 aromatic rings. The molecule has 1 aliphatic heterocycles. The molecule has 1 nitrogen and oxygen atoms in total. The predicted molar refractivity (Wildman–Crippen MR) is 77.7 cm³/mol. The second-order valence-electron chi connectivity index (χ2n) is 4.12. The van der Waals surface area contributed by atoms with Gasteiger partial charge in [0, 0.05) is 22.4 Å². The summed E-state index contributed by atoms with van der Waals surface area (Å²) in [6.07, 6.45) is 4.19. The van der Waals surface area contributed by atoms with Crippen LogP contribution >= 0.6 is 15.9 Å². The second kappa shape index (κ2) is 4.92. The summed E-state index contributed by atoms with van der Waals surface area (Å²) in [5.74, 6) is 0. The fourth-order valence-electron chi connectivity index (χ4n) is 1.95. The predicted octanol–water partition coefficient (Wildman–Crippen LogP) is 4.46. The molecule has 0 radical (unpaired) electrons. The van der Waals surface area contributed by atoms with Gasteiger partial charge in [-0.1, -0.05) is 36.4 Å². The number of aryl methyl sites for hydroxylation is 1. The van der Waals surface area contributed by atoms with Gasteiger partial charge in [-0.3, -0.25) is 0 Å². The van der Waals surface area contributed by atoms with E-state index in [0.717, 1.165) is 16.7 Å². The lowest BCUT2D eigenvalue weighted by atomic mass is 10.1. The smallest absolute Gasteiger partial charge is 0.0484 e. The van der Waals surface area contributed by atoms with Gasteiger partial charge in [-0.15, -0.1) is 0 Å². The Morgan fingerprint density at radius 1 is 1.18 bits per heavy atom. The first kappa shape index (κ1) is 12.2. The molecule has 17 heavy (non-hydrogen) atoms. The van der Waals surface area contributed by atoms with E-state index >= 15 is 0 Å². The Hall–Kier alpha value is -1.28. The number of allylic oxidation sites excluding steroid dienone is 3. The van der Waals surface area contributed by atoms with Gasteiger partial charge in [0.15, 0.2) is 0 Å². The molecule has 1 heterocycles. The zero-order chi connectivity index (χ0) is 12.4. The van der Waals surface area contributed by atoms with Crippen LogP contribution in [0.4, 0.5) is 0 Å². The first-order valence-electron chi connectivity index (χ1n) is 5.75. The Labute approximate surface area is 111 Å². The lowest BCUT2D eigenvalue weighted by Gasteiger charge is -2.30. The van der Waals surface area contributed by atoms with Crippen molar-refractivity contribution < 1.29 is 0 Å². The molecule has 0 fully saturated rings. The minimum Gasteiger partial charge on any atom is -0.341 e. The van der Waals surface area contributed by atoms with E-state index in [1.165, 1.54) is 16.8 Å². The van der Waals surface area contributed by atoms with Gasteiger partial charge in [0.1, 0.15) is 0 Å². The van der Waals surface area contributed by atoms with E-state index in [1.54, 1.807) is 0 Å². The molecule has 0 saturated heterocycles. The maximum Gasteiger partial charge on any atom is 0.0484 e. The lowest BCUT2D eigenvalue weighted by molar-refractivity contribution is 0.529. The summed E-state index contributed by atoms with van der Waals surface area (Å²) in [6.45, 7) is 9.27. The van der Waals surface area contributed by atoms with Crippen molar-refractivity contribution in [3.63, 3.8) is 0 Å². The normalized spacial score (nSPS) is 15.7. The number of nitrogens with zero attached hydrogens (tertiary/aromatic N) is 1. The zero-order valence-electron chi connectivity index (χ0n) is 10.2. The summed E-state index contributed by atoms with van der Waals surface area (Å²) in [5, 5.41) is 0. The van der Waals surface area contributed by atoms with Gasteiger partial charge in [0.25, 0.3) is 0 Å². The van der Waals surface area contributed by atoms with E-state index in [0.29, 0.717) is 0 Å². The third-order valence-corrected chi connectivity index (χ3v) is 3.67. The van der Waals surface area contributed by atoms with E-state index in [-0.39, 0.29) is 0 Å².